The number of rotatable bonds is 5. The average Bonchev–Trinajstić information content (AvgIpc) is 3.04. The predicted molar refractivity (Wildman–Crippen MR) is 104 cm³/mol. The fourth-order valence-corrected chi connectivity index (χ4v) is 2.75. The standard InChI is InChI=1S/C16H19BrF3N7O2/c1-8(12-24-15(26(3)4)25-27(12)14(21)22-2)23-13(28)9-5-10(17)7-11(6-9)29-16(18,19)20/h5-8H,1-4H3,(H2,21,22)(H,23,28)/t8-/m0/s1. The topological polar surface area (TPSA) is 111 Å². The van der Waals surface area contributed by atoms with Gasteiger partial charge in [0.05, 0.1) is 6.04 Å². The lowest BCUT2D eigenvalue weighted by molar-refractivity contribution is -0.274. The van der Waals surface area contributed by atoms with E-state index in [-0.39, 0.29) is 16.0 Å². The Morgan fingerprint density at radius 3 is 2.59 bits per heavy atom. The summed E-state index contributed by atoms with van der Waals surface area (Å²) in [6, 6.07) is 2.77. The molecule has 0 aliphatic rings. The number of carbonyl (C=O) groups is 1. The molecule has 0 unspecified atom stereocenters. The van der Waals surface area contributed by atoms with Gasteiger partial charge in [-0.2, -0.15) is 9.67 Å². The monoisotopic (exact) mass is 477 g/mol. The molecule has 0 saturated heterocycles. The van der Waals surface area contributed by atoms with Crippen LogP contribution in [-0.4, -0.2) is 54.1 Å². The zero-order chi connectivity index (χ0) is 21.9. The molecule has 0 bridgehead atoms. The fraction of sp³-hybridized carbons (Fsp3) is 0.375. The molecule has 1 aromatic heterocycles. The summed E-state index contributed by atoms with van der Waals surface area (Å²) < 4.78 is 42.8. The second kappa shape index (κ2) is 8.68. The molecule has 1 aromatic carbocycles. The van der Waals surface area contributed by atoms with E-state index in [2.05, 4.69) is 41.1 Å². The average molecular weight is 478 g/mol. The Labute approximate surface area is 172 Å². The Hall–Kier alpha value is -2.83. The lowest BCUT2D eigenvalue weighted by Gasteiger charge is -2.15. The third kappa shape index (κ3) is 5.82. The molecule has 158 valence electrons. The molecule has 2 rings (SSSR count). The summed E-state index contributed by atoms with van der Waals surface area (Å²) in [5.74, 6) is -0.461. The summed E-state index contributed by atoms with van der Waals surface area (Å²) >= 11 is 3.07. The van der Waals surface area contributed by atoms with E-state index in [0.717, 1.165) is 12.1 Å². The van der Waals surface area contributed by atoms with Crippen LogP contribution in [0.3, 0.4) is 0 Å². The maximum atomic E-state index is 12.6. The quantitative estimate of drug-likeness (QED) is 0.504. The van der Waals surface area contributed by atoms with Crippen LogP contribution in [0.5, 0.6) is 5.75 Å². The number of hydrogen-bond acceptors (Lipinski definition) is 6. The highest BCUT2D eigenvalue weighted by Crippen LogP contribution is 2.27. The molecular formula is C16H19BrF3N7O2. The lowest BCUT2D eigenvalue weighted by Crippen LogP contribution is -2.32. The maximum Gasteiger partial charge on any atom is 0.573 e. The van der Waals surface area contributed by atoms with Crippen molar-refractivity contribution in [2.24, 2.45) is 10.7 Å². The van der Waals surface area contributed by atoms with Crippen LogP contribution < -0.4 is 20.7 Å². The van der Waals surface area contributed by atoms with Gasteiger partial charge >= 0.3 is 6.36 Å². The van der Waals surface area contributed by atoms with Gasteiger partial charge in [-0.1, -0.05) is 15.9 Å². The van der Waals surface area contributed by atoms with Gasteiger partial charge in [-0.3, -0.25) is 9.79 Å². The molecule has 0 radical (unpaired) electrons. The normalized spacial score (nSPS) is 13.2. The molecule has 0 fully saturated rings. The smallest absolute Gasteiger partial charge is 0.406 e. The van der Waals surface area contributed by atoms with Crippen molar-refractivity contribution in [2.75, 3.05) is 26.0 Å². The number of aromatic nitrogens is 3. The first kappa shape index (κ1) is 22.5. The highest BCUT2D eigenvalue weighted by atomic mass is 79.9. The molecule has 9 nitrogen and oxygen atoms in total. The zero-order valence-corrected chi connectivity index (χ0v) is 17.5. The molecule has 29 heavy (non-hydrogen) atoms. The van der Waals surface area contributed by atoms with Gasteiger partial charge in [0.25, 0.3) is 5.91 Å². The first-order valence-electron chi connectivity index (χ1n) is 8.15. The van der Waals surface area contributed by atoms with Crippen molar-refractivity contribution >= 4 is 33.7 Å². The number of carbonyl (C=O) groups excluding carboxylic acids is 1. The number of nitrogens with one attached hydrogen (secondary N) is 1. The van der Waals surface area contributed by atoms with Gasteiger partial charge in [0, 0.05) is 31.2 Å². The molecule has 3 N–H and O–H groups in total. The highest BCUT2D eigenvalue weighted by molar-refractivity contribution is 9.10. The van der Waals surface area contributed by atoms with Crippen molar-refractivity contribution in [1.29, 1.82) is 0 Å². The van der Waals surface area contributed by atoms with Gasteiger partial charge in [0.1, 0.15) is 5.75 Å². The summed E-state index contributed by atoms with van der Waals surface area (Å²) in [7, 11) is 4.94. The molecule has 1 atom stereocenters. The van der Waals surface area contributed by atoms with E-state index in [1.54, 1.807) is 25.9 Å². The van der Waals surface area contributed by atoms with E-state index < -0.39 is 24.1 Å². The van der Waals surface area contributed by atoms with Gasteiger partial charge < -0.3 is 20.7 Å². The van der Waals surface area contributed by atoms with Crippen LogP contribution in [0.2, 0.25) is 0 Å². The second-order valence-electron chi connectivity index (χ2n) is 6.08. The summed E-state index contributed by atoms with van der Waals surface area (Å²) in [5.41, 5.74) is 5.80. The number of aliphatic imine (C=N–C) groups is 1. The van der Waals surface area contributed by atoms with Crippen molar-refractivity contribution < 1.29 is 22.7 Å². The summed E-state index contributed by atoms with van der Waals surface area (Å²) in [6.07, 6.45) is -4.88. The number of ether oxygens (including phenoxy) is 1. The van der Waals surface area contributed by atoms with E-state index in [9.17, 15) is 18.0 Å². The van der Waals surface area contributed by atoms with Gasteiger partial charge in [0.2, 0.25) is 11.9 Å². The lowest BCUT2D eigenvalue weighted by atomic mass is 10.2. The summed E-state index contributed by atoms with van der Waals surface area (Å²) in [4.78, 5) is 22.4. The molecule has 0 spiro atoms. The summed E-state index contributed by atoms with van der Waals surface area (Å²) in [6.45, 7) is 1.63. The third-order valence-corrected chi connectivity index (χ3v) is 4.03. The van der Waals surface area contributed by atoms with Crippen LogP contribution in [0.25, 0.3) is 0 Å². The minimum atomic E-state index is -4.88. The van der Waals surface area contributed by atoms with Gasteiger partial charge in [0.15, 0.2) is 5.82 Å². The minimum Gasteiger partial charge on any atom is -0.406 e. The van der Waals surface area contributed by atoms with E-state index in [1.807, 2.05) is 0 Å². The Morgan fingerprint density at radius 1 is 1.38 bits per heavy atom. The molecular weight excluding hydrogens is 459 g/mol. The Bertz CT molecular complexity index is 928. The number of halogens is 4. The number of anilines is 1. The van der Waals surface area contributed by atoms with E-state index in [4.69, 9.17) is 5.73 Å². The first-order valence-corrected chi connectivity index (χ1v) is 8.94. The van der Waals surface area contributed by atoms with Crippen LogP contribution >= 0.6 is 15.9 Å². The molecule has 2 aromatic rings. The van der Waals surface area contributed by atoms with Crippen LogP contribution in [0.1, 0.15) is 29.1 Å². The molecule has 13 heteroatoms. The Morgan fingerprint density at radius 2 is 2.03 bits per heavy atom. The first-order chi connectivity index (χ1) is 13.4. The molecule has 0 aliphatic heterocycles. The number of nitrogens with zero attached hydrogens (tertiary/aromatic N) is 5. The van der Waals surface area contributed by atoms with Crippen molar-refractivity contribution in [3.63, 3.8) is 0 Å². The number of nitrogens with two attached hydrogens (primary N) is 1. The largest absolute Gasteiger partial charge is 0.573 e. The summed E-state index contributed by atoms with van der Waals surface area (Å²) in [5, 5.41) is 6.87. The number of amides is 1. The van der Waals surface area contributed by atoms with Crippen molar-refractivity contribution in [3.8, 4) is 5.75 Å². The van der Waals surface area contributed by atoms with Crippen molar-refractivity contribution in [1.82, 2.24) is 20.1 Å². The number of hydrogen-bond donors (Lipinski definition) is 2. The Balaban J connectivity index is 2.30. The second-order valence-corrected chi connectivity index (χ2v) is 6.99. The highest BCUT2D eigenvalue weighted by Gasteiger charge is 2.31. The molecule has 0 saturated carbocycles. The van der Waals surface area contributed by atoms with Gasteiger partial charge in [-0.15, -0.1) is 18.3 Å². The Kier molecular flexibility index (Phi) is 6.72. The zero-order valence-electron chi connectivity index (χ0n) is 16.0. The van der Waals surface area contributed by atoms with Crippen LogP contribution in [0.4, 0.5) is 19.1 Å². The maximum absolute atomic E-state index is 12.6. The number of alkyl halides is 3. The van der Waals surface area contributed by atoms with Crippen LogP contribution in [0.15, 0.2) is 27.7 Å². The van der Waals surface area contributed by atoms with Crippen LogP contribution in [0, 0.1) is 0 Å². The van der Waals surface area contributed by atoms with Gasteiger partial charge in [-0.05, 0) is 25.1 Å². The molecule has 1 amide bonds. The SMILES string of the molecule is CN=C(N)n1nc(N(C)C)nc1[C@H](C)NC(=O)c1cc(Br)cc(OC(F)(F)F)c1. The molecule has 1 heterocycles. The van der Waals surface area contributed by atoms with Crippen LogP contribution in [-0.2, 0) is 0 Å². The molecule has 0 aliphatic carbocycles. The van der Waals surface area contributed by atoms with Crippen molar-refractivity contribution in [3.05, 3.63) is 34.1 Å². The van der Waals surface area contributed by atoms with E-state index >= 15 is 0 Å². The minimum absolute atomic E-state index is 0.0403. The van der Waals surface area contributed by atoms with E-state index in [0.29, 0.717) is 11.8 Å². The van der Waals surface area contributed by atoms with E-state index in [1.165, 1.54) is 17.8 Å². The van der Waals surface area contributed by atoms with Gasteiger partial charge in [-0.25, -0.2) is 0 Å². The third-order valence-electron chi connectivity index (χ3n) is 3.57. The van der Waals surface area contributed by atoms with Crippen molar-refractivity contribution in [2.45, 2.75) is 19.3 Å². The number of benzene rings is 1. The predicted octanol–water partition coefficient (Wildman–Crippen LogP) is 2.29. The fourth-order valence-electron chi connectivity index (χ4n) is 2.28.